The third-order valence-electron chi connectivity index (χ3n) is 2.33. The molecule has 0 bridgehead atoms. The minimum Gasteiger partial charge on any atom is -0.358 e. The van der Waals surface area contributed by atoms with Crippen LogP contribution in [0.2, 0.25) is 0 Å². The molecule has 0 amide bonds. The van der Waals surface area contributed by atoms with Gasteiger partial charge >= 0.3 is 0 Å². The van der Waals surface area contributed by atoms with E-state index in [4.69, 9.17) is 0 Å². The molecule has 0 aromatic heterocycles. The van der Waals surface area contributed by atoms with Gasteiger partial charge in [-0.3, -0.25) is 0 Å². The summed E-state index contributed by atoms with van der Waals surface area (Å²) in [6.07, 6.45) is 1.85. The highest BCUT2D eigenvalue weighted by atomic mass is 32.2. The normalized spacial score (nSPS) is 19.8. The molecule has 14 heavy (non-hydrogen) atoms. The van der Waals surface area contributed by atoms with Crippen molar-refractivity contribution in [1.29, 1.82) is 0 Å². The van der Waals surface area contributed by atoms with E-state index in [9.17, 15) is 0 Å². The average molecular weight is 203 g/mol. The lowest BCUT2D eigenvalue weighted by Gasteiger charge is -2.25. The zero-order valence-electron chi connectivity index (χ0n) is 8.21. The van der Waals surface area contributed by atoms with Gasteiger partial charge in [-0.1, -0.05) is 25.3 Å². The highest BCUT2D eigenvalue weighted by molar-refractivity contribution is 8.00. The van der Waals surface area contributed by atoms with Gasteiger partial charge in [-0.15, -0.1) is 11.8 Å². The molecular weight excluding hydrogens is 190 g/mol. The monoisotopic (exact) mass is 203 g/mol. The van der Waals surface area contributed by atoms with Crippen LogP contribution in [0, 0.1) is 0 Å². The van der Waals surface area contributed by atoms with Crippen molar-refractivity contribution in [3.8, 4) is 0 Å². The van der Waals surface area contributed by atoms with Crippen LogP contribution in [0.1, 0.15) is 12.5 Å². The molecule has 0 fully saturated rings. The van der Waals surface area contributed by atoms with Crippen molar-refractivity contribution in [2.75, 3.05) is 5.32 Å². The van der Waals surface area contributed by atoms with E-state index < -0.39 is 0 Å². The van der Waals surface area contributed by atoms with Crippen LogP contribution < -0.4 is 5.32 Å². The third kappa shape index (κ3) is 1.58. The number of anilines is 1. The summed E-state index contributed by atoms with van der Waals surface area (Å²) in [5, 5.41) is 3.76. The molecule has 0 aliphatic carbocycles. The van der Waals surface area contributed by atoms with E-state index in [0.717, 1.165) is 16.9 Å². The first-order chi connectivity index (χ1) is 6.70. The summed E-state index contributed by atoms with van der Waals surface area (Å²) < 4.78 is 0. The van der Waals surface area contributed by atoms with Gasteiger partial charge in [0, 0.05) is 15.8 Å². The van der Waals surface area contributed by atoms with Crippen LogP contribution in [0.15, 0.2) is 41.9 Å². The van der Waals surface area contributed by atoms with Crippen molar-refractivity contribution < 1.29 is 0 Å². The van der Waals surface area contributed by atoms with E-state index in [1.54, 1.807) is 0 Å². The molecule has 0 spiro atoms. The minimum absolute atomic E-state index is 0.442. The molecule has 1 N–H and O–H groups in total. The number of benzene rings is 1. The van der Waals surface area contributed by atoms with Gasteiger partial charge in [-0.05, 0) is 24.6 Å². The van der Waals surface area contributed by atoms with Crippen LogP contribution in [0.4, 0.5) is 5.69 Å². The van der Waals surface area contributed by atoms with Crippen molar-refractivity contribution in [3.63, 3.8) is 0 Å². The van der Waals surface area contributed by atoms with Crippen LogP contribution in [0.5, 0.6) is 0 Å². The number of nitrogens with one attached hydrogen (secondary N) is 1. The van der Waals surface area contributed by atoms with Gasteiger partial charge in [0.05, 0.1) is 5.69 Å². The Morgan fingerprint density at radius 2 is 2.29 bits per heavy atom. The molecule has 1 heterocycles. The van der Waals surface area contributed by atoms with Gasteiger partial charge in [0.1, 0.15) is 0 Å². The first-order valence-corrected chi connectivity index (χ1v) is 5.47. The lowest BCUT2D eigenvalue weighted by molar-refractivity contribution is 1.10. The molecule has 0 radical (unpaired) electrons. The Labute approximate surface area is 88.9 Å². The summed E-state index contributed by atoms with van der Waals surface area (Å²) in [5.74, 6) is 0. The standard InChI is InChI=1S/C12H13NS/c1-4-10-5-6-12-11(7-10)13-8(2)9(3)14-12/h4-7,9,13H,1-2H2,3H3. The molecule has 0 saturated heterocycles. The summed E-state index contributed by atoms with van der Waals surface area (Å²) in [5.41, 5.74) is 3.36. The minimum atomic E-state index is 0.442. The second-order valence-corrected chi connectivity index (χ2v) is 4.75. The molecule has 0 saturated carbocycles. The first-order valence-electron chi connectivity index (χ1n) is 4.59. The van der Waals surface area contributed by atoms with Gasteiger partial charge in [0.25, 0.3) is 0 Å². The van der Waals surface area contributed by atoms with Gasteiger partial charge < -0.3 is 5.32 Å². The molecule has 1 nitrogen and oxygen atoms in total. The summed E-state index contributed by atoms with van der Waals surface area (Å²) in [6.45, 7) is 9.91. The second kappa shape index (κ2) is 3.54. The second-order valence-electron chi connectivity index (χ2n) is 3.37. The fourth-order valence-corrected chi connectivity index (χ4v) is 2.38. The van der Waals surface area contributed by atoms with Crippen LogP contribution >= 0.6 is 11.8 Å². The number of thioether (sulfide) groups is 1. The Kier molecular flexibility index (Phi) is 2.38. The Morgan fingerprint density at radius 3 is 3.00 bits per heavy atom. The number of hydrogen-bond acceptors (Lipinski definition) is 2. The summed E-state index contributed by atoms with van der Waals surface area (Å²) >= 11 is 1.84. The van der Waals surface area contributed by atoms with Gasteiger partial charge in [0.2, 0.25) is 0 Å². The zero-order chi connectivity index (χ0) is 10.1. The number of hydrogen-bond donors (Lipinski definition) is 1. The van der Waals surface area contributed by atoms with Crippen LogP contribution in [-0.2, 0) is 0 Å². The fourth-order valence-electron chi connectivity index (χ4n) is 1.41. The van der Waals surface area contributed by atoms with Gasteiger partial charge in [-0.25, -0.2) is 0 Å². The van der Waals surface area contributed by atoms with Crippen molar-refractivity contribution >= 4 is 23.5 Å². The highest BCUT2D eigenvalue weighted by Crippen LogP contribution is 2.39. The maximum Gasteiger partial charge on any atom is 0.0526 e. The predicted octanol–water partition coefficient (Wildman–Crippen LogP) is 3.75. The molecule has 2 rings (SSSR count). The van der Waals surface area contributed by atoms with Crippen LogP contribution in [-0.4, -0.2) is 5.25 Å². The molecule has 2 heteroatoms. The Morgan fingerprint density at radius 1 is 1.50 bits per heavy atom. The van der Waals surface area contributed by atoms with Crippen molar-refractivity contribution in [2.45, 2.75) is 17.1 Å². The lowest BCUT2D eigenvalue weighted by atomic mass is 10.2. The molecule has 1 aromatic carbocycles. The zero-order valence-corrected chi connectivity index (χ0v) is 9.03. The summed E-state index contributed by atoms with van der Waals surface area (Å²) in [7, 11) is 0. The molecule has 72 valence electrons. The van der Waals surface area contributed by atoms with E-state index in [2.05, 4.69) is 43.6 Å². The topological polar surface area (TPSA) is 12.0 Å². The van der Waals surface area contributed by atoms with E-state index in [1.165, 1.54) is 4.90 Å². The fraction of sp³-hybridized carbons (Fsp3) is 0.167. The van der Waals surface area contributed by atoms with E-state index >= 15 is 0 Å². The average Bonchev–Trinajstić information content (AvgIpc) is 2.19. The first kappa shape index (κ1) is 9.41. The highest BCUT2D eigenvalue weighted by Gasteiger charge is 2.17. The van der Waals surface area contributed by atoms with Crippen molar-refractivity contribution in [1.82, 2.24) is 0 Å². The third-order valence-corrected chi connectivity index (χ3v) is 3.58. The molecule has 1 atom stereocenters. The molecular formula is C12H13NS. The maximum atomic E-state index is 3.99. The Bertz CT molecular complexity index is 395. The smallest absolute Gasteiger partial charge is 0.0526 e. The largest absolute Gasteiger partial charge is 0.358 e. The summed E-state index contributed by atoms with van der Waals surface area (Å²) in [6, 6.07) is 6.32. The van der Waals surface area contributed by atoms with E-state index in [-0.39, 0.29) is 0 Å². The molecule has 1 unspecified atom stereocenters. The summed E-state index contributed by atoms with van der Waals surface area (Å²) in [4.78, 5) is 1.29. The van der Waals surface area contributed by atoms with Crippen LogP contribution in [0.25, 0.3) is 6.08 Å². The van der Waals surface area contributed by atoms with E-state index in [0.29, 0.717) is 5.25 Å². The van der Waals surface area contributed by atoms with Crippen molar-refractivity contribution in [2.24, 2.45) is 0 Å². The molecule has 1 aromatic rings. The van der Waals surface area contributed by atoms with Gasteiger partial charge in [-0.2, -0.15) is 0 Å². The lowest BCUT2D eigenvalue weighted by Crippen LogP contribution is -2.14. The Hall–Kier alpha value is -1.15. The van der Waals surface area contributed by atoms with Gasteiger partial charge in [0.15, 0.2) is 0 Å². The molecule has 1 aliphatic rings. The number of fused-ring (bicyclic) bond motifs is 1. The van der Waals surface area contributed by atoms with E-state index in [1.807, 2.05) is 17.8 Å². The Balaban J connectivity index is 2.42. The molecule has 1 aliphatic heterocycles. The quantitative estimate of drug-likeness (QED) is 0.746. The van der Waals surface area contributed by atoms with Crippen molar-refractivity contribution in [3.05, 3.63) is 42.6 Å². The van der Waals surface area contributed by atoms with Crippen LogP contribution in [0.3, 0.4) is 0 Å². The SMILES string of the molecule is C=Cc1ccc2c(c1)NC(=C)C(C)S2. The maximum absolute atomic E-state index is 3.99. The number of rotatable bonds is 1. The predicted molar refractivity (Wildman–Crippen MR) is 64.6 cm³/mol.